The van der Waals surface area contributed by atoms with E-state index in [1.807, 2.05) is 32.7 Å². The second-order valence-corrected chi connectivity index (χ2v) is 6.27. The second-order valence-electron chi connectivity index (χ2n) is 6.27. The van der Waals surface area contributed by atoms with E-state index in [0.29, 0.717) is 5.92 Å². The van der Waals surface area contributed by atoms with Crippen LogP contribution in [0.25, 0.3) is 0 Å². The van der Waals surface area contributed by atoms with Gasteiger partial charge < -0.3 is 4.90 Å². The lowest BCUT2D eigenvalue weighted by Gasteiger charge is -2.33. The minimum atomic E-state index is 0.609. The Labute approximate surface area is 132 Å². The summed E-state index contributed by atoms with van der Waals surface area (Å²) in [5.74, 6) is 1.65. The van der Waals surface area contributed by atoms with Crippen LogP contribution >= 0.6 is 0 Å². The van der Waals surface area contributed by atoms with Crippen molar-refractivity contribution >= 4 is 5.82 Å². The van der Waals surface area contributed by atoms with Gasteiger partial charge in [0.2, 0.25) is 0 Å². The molecule has 4 heteroatoms. The summed E-state index contributed by atoms with van der Waals surface area (Å²) in [6.07, 6.45) is 8.22. The van der Waals surface area contributed by atoms with Crippen molar-refractivity contribution in [3.8, 4) is 0 Å². The van der Waals surface area contributed by atoms with Crippen LogP contribution < -0.4 is 4.90 Å². The number of aromatic nitrogens is 2. The minimum absolute atomic E-state index is 0.609. The fraction of sp³-hybridized carbons (Fsp3) is 0.444. The summed E-state index contributed by atoms with van der Waals surface area (Å²) in [5, 5.41) is 0. The molecule has 0 bridgehead atoms. The third-order valence-electron chi connectivity index (χ3n) is 4.36. The maximum absolute atomic E-state index is 4.43. The summed E-state index contributed by atoms with van der Waals surface area (Å²) in [4.78, 5) is 13.1. The number of anilines is 1. The molecular formula is C18H24N4. The van der Waals surface area contributed by atoms with E-state index < -0.39 is 0 Å². The van der Waals surface area contributed by atoms with Crippen molar-refractivity contribution in [1.29, 1.82) is 0 Å². The smallest absolute Gasteiger partial charge is 0.128 e. The molecule has 1 aliphatic heterocycles. The first-order chi connectivity index (χ1) is 10.7. The highest BCUT2D eigenvalue weighted by atomic mass is 15.1. The van der Waals surface area contributed by atoms with Crippen molar-refractivity contribution in [2.24, 2.45) is 0 Å². The maximum atomic E-state index is 4.43. The van der Waals surface area contributed by atoms with E-state index in [9.17, 15) is 0 Å². The third-order valence-corrected chi connectivity index (χ3v) is 4.36. The Hall–Kier alpha value is -1.94. The molecule has 0 radical (unpaired) electrons. The molecule has 3 heterocycles. The van der Waals surface area contributed by atoms with Crippen molar-refractivity contribution in [3.05, 3.63) is 54.0 Å². The van der Waals surface area contributed by atoms with Gasteiger partial charge in [-0.05, 0) is 60.7 Å². The highest BCUT2D eigenvalue weighted by Gasteiger charge is 2.21. The van der Waals surface area contributed by atoms with E-state index in [0.717, 1.165) is 18.9 Å². The zero-order valence-corrected chi connectivity index (χ0v) is 13.4. The first kappa shape index (κ1) is 15.0. The summed E-state index contributed by atoms with van der Waals surface area (Å²) in [5.41, 5.74) is 2.76. The molecule has 0 spiro atoms. The van der Waals surface area contributed by atoms with Crippen molar-refractivity contribution < 1.29 is 0 Å². The molecule has 0 N–H and O–H groups in total. The number of likely N-dealkylation sites (tertiary alicyclic amines) is 1. The van der Waals surface area contributed by atoms with Crippen LogP contribution in [0.15, 0.2) is 42.9 Å². The zero-order valence-electron chi connectivity index (χ0n) is 13.4. The highest BCUT2D eigenvalue weighted by Crippen LogP contribution is 2.28. The molecule has 0 saturated carbocycles. The van der Waals surface area contributed by atoms with Gasteiger partial charge in [0.25, 0.3) is 0 Å². The normalized spacial score (nSPS) is 19.1. The number of piperidine rings is 1. The van der Waals surface area contributed by atoms with E-state index in [4.69, 9.17) is 0 Å². The van der Waals surface area contributed by atoms with Gasteiger partial charge in [0, 0.05) is 45.8 Å². The maximum Gasteiger partial charge on any atom is 0.128 e. The SMILES string of the molecule is CN(C)c1cc([C@@H]2CCCN(Cc3ccncc3)C2)ccn1. The van der Waals surface area contributed by atoms with E-state index in [2.05, 4.69) is 44.0 Å². The lowest BCUT2D eigenvalue weighted by molar-refractivity contribution is 0.200. The largest absolute Gasteiger partial charge is 0.363 e. The average molecular weight is 296 g/mol. The predicted molar refractivity (Wildman–Crippen MR) is 90.1 cm³/mol. The molecule has 3 rings (SSSR count). The fourth-order valence-electron chi connectivity index (χ4n) is 3.15. The molecule has 116 valence electrons. The highest BCUT2D eigenvalue weighted by molar-refractivity contribution is 5.40. The van der Waals surface area contributed by atoms with Gasteiger partial charge in [-0.2, -0.15) is 0 Å². The number of hydrogen-bond donors (Lipinski definition) is 0. The molecule has 4 nitrogen and oxygen atoms in total. The van der Waals surface area contributed by atoms with Crippen LogP contribution in [0.2, 0.25) is 0 Å². The topological polar surface area (TPSA) is 32.3 Å². The van der Waals surface area contributed by atoms with Gasteiger partial charge in [0.1, 0.15) is 5.82 Å². The Balaban J connectivity index is 1.69. The minimum Gasteiger partial charge on any atom is -0.363 e. The van der Waals surface area contributed by atoms with Crippen molar-refractivity contribution in [1.82, 2.24) is 14.9 Å². The average Bonchev–Trinajstić information content (AvgIpc) is 2.56. The van der Waals surface area contributed by atoms with Gasteiger partial charge in [-0.3, -0.25) is 9.88 Å². The monoisotopic (exact) mass is 296 g/mol. The molecule has 0 amide bonds. The van der Waals surface area contributed by atoms with E-state index >= 15 is 0 Å². The summed E-state index contributed by atoms with van der Waals surface area (Å²) < 4.78 is 0. The van der Waals surface area contributed by atoms with Crippen molar-refractivity contribution in [2.75, 3.05) is 32.1 Å². The van der Waals surface area contributed by atoms with Gasteiger partial charge in [-0.25, -0.2) is 4.98 Å². The van der Waals surface area contributed by atoms with Gasteiger partial charge in [-0.15, -0.1) is 0 Å². The van der Waals surface area contributed by atoms with Crippen molar-refractivity contribution in [3.63, 3.8) is 0 Å². The van der Waals surface area contributed by atoms with E-state index in [1.54, 1.807) is 0 Å². The Morgan fingerprint density at radius 3 is 2.77 bits per heavy atom. The predicted octanol–water partition coefficient (Wildman–Crippen LogP) is 2.92. The summed E-state index contributed by atoms with van der Waals surface area (Å²) in [6, 6.07) is 8.63. The molecule has 0 aliphatic carbocycles. The molecule has 1 atom stereocenters. The van der Waals surface area contributed by atoms with E-state index in [1.165, 1.54) is 30.5 Å². The summed E-state index contributed by atoms with van der Waals surface area (Å²) in [6.45, 7) is 3.33. The molecule has 1 fully saturated rings. The molecule has 0 aromatic carbocycles. The molecule has 1 aliphatic rings. The number of nitrogens with zero attached hydrogens (tertiary/aromatic N) is 4. The van der Waals surface area contributed by atoms with Gasteiger partial charge in [-0.1, -0.05) is 0 Å². The lowest BCUT2D eigenvalue weighted by Crippen LogP contribution is -2.34. The molecule has 22 heavy (non-hydrogen) atoms. The quantitative estimate of drug-likeness (QED) is 0.868. The second kappa shape index (κ2) is 6.88. The van der Waals surface area contributed by atoms with Crippen LogP contribution in [-0.4, -0.2) is 42.1 Å². The van der Waals surface area contributed by atoms with Crippen LogP contribution in [-0.2, 0) is 6.54 Å². The first-order valence-corrected chi connectivity index (χ1v) is 7.97. The van der Waals surface area contributed by atoms with Crippen LogP contribution in [0.5, 0.6) is 0 Å². The van der Waals surface area contributed by atoms with Gasteiger partial charge >= 0.3 is 0 Å². The molecule has 2 aromatic rings. The van der Waals surface area contributed by atoms with Crippen LogP contribution in [0.3, 0.4) is 0 Å². The number of pyridine rings is 2. The fourth-order valence-corrected chi connectivity index (χ4v) is 3.15. The van der Waals surface area contributed by atoms with Gasteiger partial charge in [0.15, 0.2) is 0 Å². The molecule has 1 saturated heterocycles. The van der Waals surface area contributed by atoms with Gasteiger partial charge in [0.05, 0.1) is 0 Å². The Morgan fingerprint density at radius 2 is 2.00 bits per heavy atom. The Bertz CT molecular complexity index is 597. The molecule has 2 aromatic heterocycles. The molecular weight excluding hydrogens is 272 g/mol. The van der Waals surface area contributed by atoms with E-state index in [-0.39, 0.29) is 0 Å². The first-order valence-electron chi connectivity index (χ1n) is 7.97. The zero-order chi connectivity index (χ0) is 15.4. The number of hydrogen-bond acceptors (Lipinski definition) is 4. The van der Waals surface area contributed by atoms with Crippen LogP contribution in [0.4, 0.5) is 5.82 Å². The summed E-state index contributed by atoms with van der Waals surface area (Å²) in [7, 11) is 4.09. The van der Waals surface area contributed by atoms with Crippen LogP contribution in [0.1, 0.15) is 29.9 Å². The lowest BCUT2D eigenvalue weighted by atomic mass is 9.91. The number of rotatable bonds is 4. The summed E-state index contributed by atoms with van der Waals surface area (Å²) >= 11 is 0. The molecule has 0 unspecified atom stereocenters. The van der Waals surface area contributed by atoms with Crippen LogP contribution in [0, 0.1) is 0 Å². The van der Waals surface area contributed by atoms with Crippen molar-refractivity contribution in [2.45, 2.75) is 25.3 Å². The standard InChI is InChI=1S/C18H24N4/c1-21(2)18-12-16(7-10-20-18)17-4-3-11-22(14-17)13-15-5-8-19-9-6-15/h5-10,12,17H,3-4,11,13-14H2,1-2H3/t17-/m1/s1. The third kappa shape index (κ3) is 3.63. The Kier molecular flexibility index (Phi) is 4.68. The Morgan fingerprint density at radius 1 is 1.18 bits per heavy atom.